The van der Waals surface area contributed by atoms with Gasteiger partial charge in [-0.1, -0.05) is 12.1 Å². The van der Waals surface area contributed by atoms with Crippen molar-refractivity contribution in [1.82, 2.24) is 5.32 Å². The maximum absolute atomic E-state index is 9.26. The lowest BCUT2D eigenvalue weighted by Crippen LogP contribution is -2.42. The second kappa shape index (κ2) is 6.08. The van der Waals surface area contributed by atoms with Gasteiger partial charge in [0.15, 0.2) is 0 Å². The van der Waals surface area contributed by atoms with Gasteiger partial charge in [-0.05, 0) is 57.2 Å². The normalized spacial score (nSPS) is 17.5. The molecule has 3 heteroatoms. The zero-order valence-corrected chi connectivity index (χ0v) is 11.8. The number of hydrogen-bond acceptors (Lipinski definition) is 3. The Kier molecular flexibility index (Phi) is 4.44. The molecule has 1 aromatic carbocycles. The van der Waals surface area contributed by atoms with Crippen LogP contribution in [0.3, 0.4) is 0 Å². The molecule has 19 heavy (non-hydrogen) atoms. The highest BCUT2D eigenvalue weighted by molar-refractivity contribution is 5.27. The van der Waals surface area contributed by atoms with Crippen molar-refractivity contribution in [1.29, 1.82) is 5.26 Å². The number of nitrogens with zero attached hydrogens (tertiary/aromatic N) is 1. The lowest BCUT2D eigenvalue weighted by atomic mass is 9.98. The van der Waals surface area contributed by atoms with Crippen LogP contribution in [0.2, 0.25) is 0 Å². The molecule has 1 saturated carbocycles. The van der Waals surface area contributed by atoms with Gasteiger partial charge >= 0.3 is 0 Å². The SMILES string of the molecule is Cc1cccc(OCCCC(C)(C#N)NC2CC2)c1. The van der Waals surface area contributed by atoms with Gasteiger partial charge in [-0.15, -0.1) is 0 Å². The molecule has 1 unspecified atom stereocenters. The summed E-state index contributed by atoms with van der Waals surface area (Å²) in [5.74, 6) is 0.911. The number of ether oxygens (including phenoxy) is 1. The average molecular weight is 258 g/mol. The minimum absolute atomic E-state index is 0.406. The highest BCUT2D eigenvalue weighted by Gasteiger charge is 2.31. The van der Waals surface area contributed by atoms with Gasteiger partial charge in [0.25, 0.3) is 0 Å². The highest BCUT2D eigenvalue weighted by atomic mass is 16.5. The minimum Gasteiger partial charge on any atom is -0.494 e. The maximum Gasteiger partial charge on any atom is 0.119 e. The molecule has 0 radical (unpaired) electrons. The van der Waals surface area contributed by atoms with Crippen LogP contribution in [0, 0.1) is 18.3 Å². The van der Waals surface area contributed by atoms with Gasteiger partial charge in [0.1, 0.15) is 11.3 Å². The molecule has 0 heterocycles. The van der Waals surface area contributed by atoms with Gasteiger partial charge in [0.05, 0.1) is 12.7 Å². The van der Waals surface area contributed by atoms with Gasteiger partial charge in [-0.25, -0.2) is 0 Å². The number of nitrogens with one attached hydrogen (secondary N) is 1. The van der Waals surface area contributed by atoms with E-state index in [4.69, 9.17) is 4.74 Å². The van der Waals surface area contributed by atoms with E-state index in [1.165, 1.54) is 18.4 Å². The van der Waals surface area contributed by atoms with Crippen molar-refractivity contribution in [2.45, 2.75) is 51.1 Å². The molecule has 1 fully saturated rings. The van der Waals surface area contributed by atoms with Crippen molar-refractivity contribution in [2.75, 3.05) is 6.61 Å². The number of benzene rings is 1. The Bertz CT molecular complexity index is 462. The highest BCUT2D eigenvalue weighted by Crippen LogP contribution is 2.24. The van der Waals surface area contributed by atoms with E-state index in [1.54, 1.807) is 0 Å². The molecule has 2 rings (SSSR count). The van der Waals surface area contributed by atoms with Gasteiger partial charge < -0.3 is 4.74 Å². The van der Waals surface area contributed by atoms with Crippen molar-refractivity contribution < 1.29 is 4.74 Å². The average Bonchev–Trinajstić information content (AvgIpc) is 3.19. The second-order valence-electron chi connectivity index (χ2n) is 5.63. The first kappa shape index (κ1) is 13.9. The van der Waals surface area contributed by atoms with Gasteiger partial charge in [0, 0.05) is 6.04 Å². The quantitative estimate of drug-likeness (QED) is 0.764. The number of rotatable bonds is 7. The third-order valence-corrected chi connectivity index (χ3v) is 3.43. The van der Waals surface area contributed by atoms with Crippen LogP contribution in [0.15, 0.2) is 24.3 Å². The molecule has 0 aromatic heterocycles. The minimum atomic E-state index is -0.406. The van der Waals surface area contributed by atoms with E-state index in [0.717, 1.165) is 18.6 Å². The van der Waals surface area contributed by atoms with Crippen molar-refractivity contribution in [2.24, 2.45) is 0 Å². The fourth-order valence-corrected chi connectivity index (χ4v) is 2.16. The summed E-state index contributed by atoms with van der Waals surface area (Å²) in [6.07, 6.45) is 4.12. The van der Waals surface area contributed by atoms with Gasteiger partial charge in [-0.3, -0.25) is 5.32 Å². The topological polar surface area (TPSA) is 45.0 Å². The molecule has 1 aliphatic rings. The third kappa shape index (κ3) is 4.57. The van der Waals surface area contributed by atoms with Gasteiger partial charge in [0.2, 0.25) is 0 Å². The van der Waals surface area contributed by atoms with E-state index >= 15 is 0 Å². The van der Waals surface area contributed by atoms with E-state index in [2.05, 4.69) is 24.4 Å². The van der Waals surface area contributed by atoms with Crippen LogP contribution in [-0.2, 0) is 0 Å². The molecule has 1 aromatic rings. The van der Waals surface area contributed by atoms with Crippen LogP contribution in [0.5, 0.6) is 5.75 Å². The van der Waals surface area contributed by atoms with E-state index in [-0.39, 0.29) is 0 Å². The molecular weight excluding hydrogens is 236 g/mol. The van der Waals surface area contributed by atoms with E-state index in [0.29, 0.717) is 12.6 Å². The lowest BCUT2D eigenvalue weighted by Gasteiger charge is -2.23. The van der Waals surface area contributed by atoms with Crippen LogP contribution >= 0.6 is 0 Å². The summed E-state index contributed by atoms with van der Waals surface area (Å²) in [5, 5.41) is 12.7. The first-order valence-electron chi connectivity index (χ1n) is 7.00. The summed E-state index contributed by atoms with van der Waals surface area (Å²) in [5.41, 5.74) is 0.798. The summed E-state index contributed by atoms with van der Waals surface area (Å²) in [6, 6.07) is 11.0. The van der Waals surface area contributed by atoms with Crippen LogP contribution in [0.1, 0.15) is 38.2 Å². The van der Waals surface area contributed by atoms with E-state index in [1.807, 2.05) is 25.1 Å². The summed E-state index contributed by atoms with van der Waals surface area (Å²) >= 11 is 0. The fraction of sp³-hybridized carbons (Fsp3) is 0.562. The van der Waals surface area contributed by atoms with Crippen molar-refractivity contribution in [3.63, 3.8) is 0 Å². The summed E-state index contributed by atoms with van der Waals surface area (Å²) in [7, 11) is 0. The van der Waals surface area contributed by atoms with Crippen LogP contribution in [0.4, 0.5) is 0 Å². The van der Waals surface area contributed by atoms with Crippen molar-refractivity contribution in [3.8, 4) is 11.8 Å². The molecule has 1 aliphatic carbocycles. The first-order valence-corrected chi connectivity index (χ1v) is 7.00. The molecular formula is C16H22N2O. The Morgan fingerprint density at radius 1 is 1.47 bits per heavy atom. The molecule has 1 atom stereocenters. The molecule has 1 N–H and O–H groups in total. The monoisotopic (exact) mass is 258 g/mol. The largest absolute Gasteiger partial charge is 0.494 e. The molecule has 0 spiro atoms. The summed E-state index contributed by atoms with van der Waals surface area (Å²) in [6.45, 7) is 4.70. The zero-order chi connectivity index (χ0) is 13.7. The Morgan fingerprint density at radius 3 is 2.89 bits per heavy atom. The predicted molar refractivity (Wildman–Crippen MR) is 76.1 cm³/mol. The third-order valence-electron chi connectivity index (χ3n) is 3.43. The van der Waals surface area contributed by atoms with Crippen LogP contribution < -0.4 is 10.1 Å². The maximum atomic E-state index is 9.26. The number of aryl methyl sites for hydroxylation is 1. The second-order valence-corrected chi connectivity index (χ2v) is 5.63. The Balaban J connectivity index is 1.72. The standard InChI is InChI=1S/C16H22N2O/c1-13-5-3-6-15(11-13)19-10-4-9-16(2,12-17)18-14-7-8-14/h3,5-6,11,14,18H,4,7-10H2,1-2H3. The molecule has 3 nitrogen and oxygen atoms in total. The Morgan fingerprint density at radius 2 is 2.26 bits per heavy atom. The zero-order valence-electron chi connectivity index (χ0n) is 11.8. The van der Waals surface area contributed by atoms with Crippen LogP contribution in [-0.4, -0.2) is 18.2 Å². The van der Waals surface area contributed by atoms with Crippen LogP contribution in [0.25, 0.3) is 0 Å². The fourth-order valence-electron chi connectivity index (χ4n) is 2.16. The number of hydrogen-bond donors (Lipinski definition) is 1. The number of nitriles is 1. The summed E-state index contributed by atoms with van der Waals surface area (Å²) < 4.78 is 5.71. The van der Waals surface area contributed by atoms with Crippen molar-refractivity contribution >= 4 is 0 Å². The molecule has 0 amide bonds. The molecule has 0 saturated heterocycles. The first-order chi connectivity index (χ1) is 9.11. The smallest absolute Gasteiger partial charge is 0.119 e. The van der Waals surface area contributed by atoms with Crippen molar-refractivity contribution in [3.05, 3.63) is 29.8 Å². The van der Waals surface area contributed by atoms with E-state index < -0.39 is 5.54 Å². The summed E-state index contributed by atoms with van der Waals surface area (Å²) in [4.78, 5) is 0. The molecule has 0 aliphatic heterocycles. The van der Waals surface area contributed by atoms with Gasteiger partial charge in [-0.2, -0.15) is 5.26 Å². The Hall–Kier alpha value is -1.53. The molecule has 102 valence electrons. The molecule has 0 bridgehead atoms. The predicted octanol–water partition coefficient (Wildman–Crippen LogP) is 3.19. The van der Waals surface area contributed by atoms with E-state index in [9.17, 15) is 5.26 Å². The lowest BCUT2D eigenvalue weighted by molar-refractivity contribution is 0.284. The Labute approximate surface area is 115 Å².